The Hall–Kier alpha value is -1.09. The third kappa shape index (κ3) is 3.95. The molecule has 112 valence electrons. The van der Waals surface area contributed by atoms with Crippen molar-refractivity contribution in [2.45, 2.75) is 59.0 Å². The van der Waals surface area contributed by atoms with E-state index in [2.05, 4.69) is 24.8 Å². The molecule has 1 atom stereocenters. The maximum absolute atomic E-state index is 9.44. The minimum Gasteiger partial charge on any atom is -0.392 e. The maximum atomic E-state index is 9.44. The summed E-state index contributed by atoms with van der Waals surface area (Å²) in [7, 11) is 0. The molecular weight excluding hydrogens is 248 g/mol. The fourth-order valence-electron chi connectivity index (χ4n) is 3.07. The Balaban J connectivity index is 2.15. The fourth-order valence-corrected chi connectivity index (χ4v) is 3.07. The number of hydrogen-bond acceptors (Lipinski definition) is 3. The van der Waals surface area contributed by atoms with Crippen LogP contribution in [-0.2, 0) is 13.0 Å². The number of aryl methyl sites for hydroxylation is 1. The molecule has 1 aliphatic rings. The molecule has 1 N–H and O–H groups in total. The van der Waals surface area contributed by atoms with E-state index < -0.39 is 0 Å². The number of nitrogens with zero attached hydrogens (tertiary/aromatic N) is 2. The lowest BCUT2D eigenvalue weighted by Gasteiger charge is -2.23. The summed E-state index contributed by atoms with van der Waals surface area (Å²) in [4.78, 5) is 7.21. The Kier molecular flexibility index (Phi) is 5.84. The lowest BCUT2D eigenvalue weighted by molar-refractivity contribution is 0.281. The third-order valence-electron chi connectivity index (χ3n) is 4.36. The molecule has 3 nitrogen and oxygen atoms in total. The van der Waals surface area contributed by atoms with Crippen molar-refractivity contribution in [1.29, 1.82) is 0 Å². The monoisotopic (exact) mass is 276 g/mol. The third-order valence-corrected chi connectivity index (χ3v) is 4.36. The van der Waals surface area contributed by atoms with Crippen molar-refractivity contribution in [2.75, 3.05) is 18.0 Å². The molecular formula is C17H28N2O. The Bertz CT molecular complexity index is 419. The summed E-state index contributed by atoms with van der Waals surface area (Å²) in [5.41, 5.74) is 2.11. The number of anilines is 1. The van der Waals surface area contributed by atoms with Gasteiger partial charge in [0, 0.05) is 18.8 Å². The minimum absolute atomic E-state index is 0.109. The van der Waals surface area contributed by atoms with Crippen LogP contribution in [0.15, 0.2) is 12.1 Å². The molecule has 1 fully saturated rings. The van der Waals surface area contributed by atoms with Crippen LogP contribution < -0.4 is 4.90 Å². The zero-order valence-electron chi connectivity index (χ0n) is 12.9. The summed E-state index contributed by atoms with van der Waals surface area (Å²) in [6.07, 6.45) is 7.25. The van der Waals surface area contributed by atoms with Crippen LogP contribution >= 0.6 is 0 Å². The molecule has 20 heavy (non-hydrogen) atoms. The van der Waals surface area contributed by atoms with Gasteiger partial charge in [-0.05, 0) is 49.3 Å². The molecule has 3 heteroatoms. The van der Waals surface area contributed by atoms with Crippen molar-refractivity contribution in [1.82, 2.24) is 4.98 Å². The largest absolute Gasteiger partial charge is 0.392 e. The average Bonchev–Trinajstić information content (AvgIpc) is 2.72. The lowest BCUT2D eigenvalue weighted by Crippen LogP contribution is -2.25. The predicted molar refractivity (Wildman–Crippen MR) is 84.0 cm³/mol. The zero-order chi connectivity index (χ0) is 14.4. The van der Waals surface area contributed by atoms with E-state index in [4.69, 9.17) is 4.98 Å². The van der Waals surface area contributed by atoms with E-state index in [0.29, 0.717) is 0 Å². The van der Waals surface area contributed by atoms with Crippen LogP contribution in [0.2, 0.25) is 0 Å². The zero-order valence-corrected chi connectivity index (χ0v) is 12.9. The molecule has 2 rings (SSSR count). The molecule has 0 spiro atoms. The smallest absolute Gasteiger partial charge is 0.129 e. The van der Waals surface area contributed by atoms with Crippen molar-refractivity contribution in [2.24, 2.45) is 5.92 Å². The molecule has 1 aliphatic heterocycles. The van der Waals surface area contributed by atoms with Crippen molar-refractivity contribution in [3.05, 3.63) is 23.4 Å². The van der Waals surface area contributed by atoms with E-state index >= 15 is 0 Å². The van der Waals surface area contributed by atoms with E-state index in [1.54, 1.807) is 0 Å². The quantitative estimate of drug-likeness (QED) is 0.893. The molecule has 0 bridgehead atoms. The summed E-state index contributed by atoms with van der Waals surface area (Å²) >= 11 is 0. The van der Waals surface area contributed by atoms with Gasteiger partial charge in [0.1, 0.15) is 5.82 Å². The predicted octanol–water partition coefficient (Wildman–Crippen LogP) is 3.54. The highest BCUT2D eigenvalue weighted by Crippen LogP contribution is 2.24. The Morgan fingerprint density at radius 3 is 2.80 bits per heavy atom. The van der Waals surface area contributed by atoms with Crippen molar-refractivity contribution in [3.8, 4) is 0 Å². The molecule has 0 aromatic carbocycles. The number of aliphatic hydroxyl groups excluding tert-OH is 1. The molecule has 1 aromatic rings. The first-order chi connectivity index (χ1) is 9.76. The second kappa shape index (κ2) is 7.63. The van der Waals surface area contributed by atoms with Gasteiger partial charge in [-0.25, -0.2) is 4.98 Å². The van der Waals surface area contributed by atoms with Gasteiger partial charge in [0.15, 0.2) is 0 Å². The molecule has 0 aliphatic carbocycles. The van der Waals surface area contributed by atoms with Gasteiger partial charge in [0.2, 0.25) is 0 Å². The Labute approximate surface area is 123 Å². The molecule has 1 saturated heterocycles. The van der Waals surface area contributed by atoms with E-state index in [9.17, 15) is 5.11 Å². The summed E-state index contributed by atoms with van der Waals surface area (Å²) in [5.74, 6) is 1.94. The Morgan fingerprint density at radius 1 is 1.25 bits per heavy atom. The summed E-state index contributed by atoms with van der Waals surface area (Å²) in [6, 6.07) is 4.10. The SMILES string of the molecule is CCCc1cc(CO)cc(N2CCCC(CC)CC2)n1. The van der Waals surface area contributed by atoms with Gasteiger partial charge >= 0.3 is 0 Å². The summed E-state index contributed by atoms with van der Waals surface area (Å²) < 4.78 is 0. The van der Waals surface area contributed by atoms with Crippen LogP contribution in [0, 0.1) is 5.92 Å². The van der Waals surface area contributed by atoms with Crippen LogP contribution in [0.5, 0.6) is 0 Å². The molecule has 1 unspecified atom stereocenters. The second-order valence-corrected chi connectivity index (χ2v) is 5.93. The Morgan fingerprint density at radius 2 is 2.10 bits per heavy atom. The number of rotatable bonds is 5. The highest BCUT2D eigenvalue weighted by atomic mass is 16.3. The molecule has 0 radical (unpaired) electrons. The molecule has 0 saturated carbocycles. The number of aliphatic hydroxyl groups is 1. The summed E-state index contributed by atoms with van der Waals surface area (Å²) in [5, 5.41) is 9.44. The molecule has 0 amide bonds. The first-order valence-corrected chi connectivity index (χ1v) is 8.12. The van der Waals surface area contributed by atoms with E-state index in [1.165, 1.54) is 25.7 Å². The number of hydrogen-bond donors (Lipinski definition) is 1. The highest BCUT2D eigenvalue weighted by Gasteiger charge is 2.17. The van der Waals surface area contributed by atoms with Crippen molar-refractivity contribution < 1.29 is 5.11 Å². The van der Waals surface area contributed by atoms with Gasteiger partial charge in [-0.15, -0.1) is 0 Å². The van der Waals surface area contributed by atoms with E-state index in [-0.39, 0.29) is 6.61 Å². The van der Waals surface area contributed by atoms with Gasteiger partial charge in [-0.1, -0.05) is 26.7 Å². The average molecular weight is 276 g/mol. The van der Waals surface area contributed by atoms with Crippen LogP contribution in [0.4, 0.5) is 5.82 Å². The first-order valence-electron chi connectivity index (χ1n) is 8.12. The number of aromatic nitrogens is 1. The van der Waals surface area contributed by atoms with E-state index in [0.717, 1.165) is 48.9 Å². The second-order valence-electron chi connectivity index (χ2n) is 5.93. The minimum atomic E-state index is 0.109. The van der Waals surface area contributed by atoms with Crippen LogP contribution in [0.25, 0.3) is 0 Å². The first kappa shape index (κ1) is 15.3. The highest BCUT2D eigenvalue weighted by molar-refractivity contribution is 5.43. The molecule has 2 heterocycles. The van der Waals surface area contributed by atoms with Gasteiger partial charge in [-0.2, -0.15) is 0 Å². The molecule has 1 aromatic heterocycles. The van der Waals surface area contributed by atoms with E-state index in [1.807, 2.05) is 6.07 Å². The maximum Gasteiger partial charge on any atom is 0.129 e. The normalized spacial score (nSPS) is 19.9. The lowest BCUT2D eigenvalue weighted by atomic mass is 9.98. The van der Waals surface area contributed by atoms with Crippen LogP contribution in [-0.4, -0.2) is 23.2 Å². The van der Waals surface area contributed by atoms with Gasteiger partial charge in [0.25, 0.3) is 0 Å². The van der Waals surface area contributed by atoms with Gasteiger partial charge in [-0.3, -0.25) is 0 Å². The van der Waals surface area contributed by atoms with Gasteiger partial charge in [0.05, 0.1) is 6.61 Å². The standard InChI is InChI=1S/C17H28N2O/c1-3-6-16-11-15(13-20)12-17(18-16)19-9-5-7-14(4-2)8-10-19/h11-12,14,20H,3-10,13H2,1-2H3. The van der Waals surface area contributed by atoms with Crippen LogP contribution in [0.3, 0.4) is 0 Å². The summed E-state index contributed by atoms with van der Waals surface area (Å²) in [6.45, 7) is 6.78. The van der Waals surface area contributed by atoms with Crippen molar-refractivity contribution in [3.63, 3.8) is 0 Å². The van der Waals surface area contributed by atoms with Crippen molar-refractivity contribution >= 4 is 5.82 Å². The number of pyridine rings is 1. The van der Waals surface area contributed by atoms with Crippen LogP contribution in [0.1, 0.15) is 57.2 Å². The fraction of sp³-hybridized carbons (Fsp3) is 0.706. The van der Waals surface area contributed by atoms with Gasteiger partial charge < -0.3 is 10.0 Å². The topological polar surface area (TPSA) is 36.4 Å².